The molecular formula is C22H26N2O4. The highest BCUT2D eigenvalue weighted by molar-refractivity contribution is 5.93. The van der Waals surface area contributed by atoms with Crippen molar-refractivity contribution < 1.29 is 19.1 Å². The number of hydrogen-bond donors (Lipinski definition) is 1. The molecule has 0 spiro atoms. The van der Waals surface area contributed by atoms with E-state index in [1.807, 2.05) is 43.3 Å². The van der Waals surface area contributed by atoms with Gasteiger partial charge in [-0.25, -0.2) is 0 Å². The number of allylic oxidation sites excluding steroid dienone is 1. The summed E-state index contributed by atoms with van der Waals surface area (Å²) in [7, 11) is 4.98. The molecule has 148 valence electrons. The number of nitrogens with zero attached hydrogens (tertiary/aromatic N) is 1. The molecule has 0 aromatic heterocycles. The molecule has 0 saturated carbocycles. The molecule has 0 atom stereocenters. The van der Waals surface area contributed by atoms with Crippen molar-refractivity contribution in [1.29, 1.82) is 0 Å². The van der Waals surface area contributed by atoms with Crippen molar-refractivity contribution in [2.75, 3.05) is 27.8 Å². The summed E-state index contributed by atoms with van der Waals surface area (Å²) < 4.78 is 10.9. The number of benzene rings is 2. The van der Waals surface area contributed by atoms with Crippen LogP contribution in [0.5, 0.6) is 11.5 Å². The Bertz CT molecular complexity index is 842. The van der Waals surface area contributed by atoms with Crippen LogP contribution in [0.1, 0.15) is 28.4 Å². The van der Waals surface area contributed by atoms with Crippen LogP contribution < -0.4 is 14.8 Å². The molecule has 0 bridgehead atoms. The molecule has 0 aliphatic carbocycles. The zero-order valence-corrected chi connectivity index (χ0v) is 16.7. The topological polar surface area (TPSA) is 67.9 Å². The van der Waals surface area contributed by atoms with E-state index < -0.39 is 0 Å². The van der Waals surface area contributed by atoms with Crippen LogP contribution in [-0.2, 0) is 11.3 Å². The lowest BCUT2D eigenvalue weighted by atomic mass is 10.1. The van der Waals surface area contributed by atoms with E-state index in [2.05, 4.69) is 5.32 Å². The van der Waals surface area contributed by atoms with Gasteiger partial charge < -0.3 is 19.7 Å². The Labute approximate surface area is 165 Å². The van der Waals surface area contributed by atoms with Crippen molar-refractivity contribution in [3.05, 3.63) is 65.2 Å². The van der Waals surface area contributed by atoms with E-state index in [0.717, 1.165) is 11.1 Å². The van der Waals surface area contributed by atoms with Gasteiger partial charge in [-0.1, -0.05) is 30.4 Å². The lowest BCUT2D eigenvalue weighted by Crippen LogP contribution is -2.28. The Kier molecular flexibility index (Phi) is 7.63. The molecule has 0 saturated heterocycles. The average Bonchev–Trinajstić information content (AvgIpc) is 2.71. The lowest BCUT2D eigenvalue weighted by molar-refractivity contribution is -0.123. The number of nitrogens with one attached hydrogen (secondary N) is 1. The van der Waals surface area contributed by atoms with Gasteiger partial charge in [-0.15, -0.1) is 0 Å². The normalized spacial score (nSPS) is 10.6. The van der Waals surface area contributed by atoms with Crippen molar-refractivity contribution in [3.63, 3.8) is 0 Å². The zero-order valence-electron chi connectivity index (χ0n) is 16.7. The van der Waals surface area contributed by atoms with Crippen LogP contribution >= 0.6 is 0 Å². The zero-order chi connectivity index (χ0) is 20.5. The standard InChI is InChI=1S/C22H26N2O4/c1-5-6-16-9-12-19(20(13-16)27-4)28-15-21(25)23-14-17-7-10-18(11-8-17)22(26)24(2)3/h5-13H,14-15H2,1-4H3,(H,23,25)/b6-5+. The summed E-state index contributed by atoms with van der Waals surface area (Å²) in [5.41, 5.74) is 2.50. The number of amides is 2. The molecule has 2 rings (SSSR count). The highest BCUT2D eigenvalue weighted by Gasteiger charge is 2.09. The van der Waals surface area contributed by atoms with E-state index in [9.17, 15) is 9.59 Å². The van der Waals surface area contributed by atoms with Crippen LogP contribution in [0.4, 0.5) is 0 Å². The first-order chi connectivity index (χ1) is 13.4. The lowest BCUT2D eigenvalue weighted by Gasteiger charge is -2.12. The molecule has 0 aliphatic heterocycles. The fraction of sp³-hybridized carbons (Fsp3) is 0.273. The van der Waals surface area contributed by atoms with E-state index in [0.29, 0.717) is 23.6 Å². The number of carbonyl (C=O) groups excluding carboxylic acids is 2. The highest BCUT2D eigenvalue weighted by Crippen LogP contribution is 2.28. The third-order valence-corrected chi connectivity index (χ3v) is 4.00. The van der Waals surface area contributed by atoms with Gasteiger partial charge in [-0.2, -0.15) is 0 Å². The first-order valence-electron chi connectivity index (χ1n) is 8.95. The SMILES string of the molecule is C/C=C/c1ccc(OCC(=O)NCc2ccc(C(=O)N(C)C)cc2)c(OC)c1. The summed E-state index contributed by atoms with van der Waals surface area (Å²) in [6.45, 7) is 2.18. The van der Waals surface area contributed by atoms with E-state index in [1.165, 1.54) is 4.90 Å². The van der Waals surface area contributed by atoms with Crippen LogP contribution in [0.25, 0.3) is 6.08 Å². The molecule has 0 unspecified atom stereocenters. The van der Waals surface area contributed by atoms with E-state index in [4.69, 9.17) is 9.47 Å². The molecule has 28 heavy (non-hydrogen) atoms. The van der Waals surface area contributed by atoms with E-state index in [1.54, 1.807) is 39.4 Å². The second-order valence-electron chi connectivity index (χ2n) is 6.37. The minimum atomic E-state index is -0.243. The van der Waals surface area contributed by atoms with E-state index >= 15 is 0 Å². The summed E-state index contributed by atoms with van der Waals surface area (Å²) in [5.74, 6) is 0.786. The number of rotatable bonds is 8. The summed E-state index contributed by atoms with van der Waals surface area (Å²) in [5, 5.41) is 2.80. The van der Waals surface area contributed by atoms with Crippen LogP contribution in [0, 0.1) is 0 Å². The van der Waals surface area contributed by atoms with Crippen molar-refractivity contribution in [3.8, 4) is 11.5 Å². The van der Waals surface area contributed by atoms with Crippen molar-refractivity contribution >= 4 is 17.9 Å². The molecule has 2 aromatic rings. The maximum Gasteiger partial charge on any atom is 0.258 e. The number of carbonyl (C=O) groups is 2. The first-order valence-corrected chi connectivity index (χ1v) is 8.95. The molecular weight excluding hydrogens is 356 g/mol. The Balaban J connectivity index is 1.87. The molecule has 0 fully saturated rings. The Morgan fingerprint density at radius 2 is 1.79 bits per heavy atom. The van der Waals surface area contributed by atoms with Crippen molar-refractivity contribution in [2.45, 2.75) is 13.5 Å². The van der Waals surface area contributed by atoms with Crippen molar-refractivity contribution in [2.24, 2.45) is 0 Å². The minimum absolute atomic E-state index is 0.0571. The largest absolute Gasteiger partial charge is 0.493 e. The summed E-state index contributed by atoms with van der Waals surface area (Å²) >= 11 is 0. The van der Waals surface area contributed by atoms with Gasteiger partial charge in [0.2, 0.25) is 0 Å². The van der Waals surface area contributed by atoms with Crippen molar-refractivity contribution in [1.82, 2.24) is 10.2 Å². The Morgan fingerprint density at radius 3 is 2.39 bits per heavy atom. The van der Waals surface area contributed by atoms with Gasteiger partial charge >= 0.3 is 0 Å². The number of ether oxygens (including phenoxy) is 2. The second kappa shape index (κ2) is 10.2. The fourth-order valence-corrected chi connectivity index (χ4v) is 2.52. The van der Waals surface area contributed by atoms with Gasteiger partial charge in [0.1, 0.15) is 0 Å². The van der Waals surface area contributed by atoms with Gasteiger partial charge in [0.05, 0.1) is 7.11 Å². The molecule has 6 nitrogen and oxygen atoms in total. The summed E-state index contributed by atoms with van der Waals surface area (Å²) in [4.78, 5) is 25.5. The van der Waals surface area contributed by atoms with Crippen LogP contribution in [0.3, 0.4) is 0 Å². The predicted molar refractivity (Wildman–Crippen MR) is 110 cm³/mol. The molecule has 2 aromatic carbocycles. The van der Waals surface area contributed by atoms with Crippen LogP contribution in [0.2, 0.25) is 0 Å². The van der Waals surface area contributed by atoms with Gasteiger partial charge in [-0.3, -0.25) is 9.59 Å². The van der Waals surface area contributed by atoms with Gasteiger partial charge in [-0.05, 0) is 42.3 Å². The quantitative estimate of drug-likeness (QED) is 0.762. The smallest absolute Gasteiger partial charge is 0.258 e. The fourth-order valence-electron chi connectivity index (χ4n) is 2.52. The van der Waals surface area contributed by atoms with Gasteiger partial charge in [0, 0.05) is 26.2 Å². The predicted octanol–water partition coefficient (Wildman–Crippen LogP) is 3.13. The van der Waals surface area contributed by atoms with Gasteiger partial charge in [0.15, 0.2) is 18.1 Å². The summed E-state index contributed by atoms with van der Waals surface area (Å²) in [6, 6.07) is 12.7. The molecule has 0 radical (unpaired) electrons. The molecule has 0 aliphatic rings. The average molecular weight is 382 g/mol. The van der Waals surface area contributed by atoms with Crippen LogP contribution in [-0.4, -0.2) is 44.5 Å². The molecule has 2 amide bonds. The third kappa shape index (κ3) is 5.87. The minimum Gasteiger partial charge on any atom is -0.493 e. The Morgan fingerprint density at radius 1 is 1.07 bits per heavy atom. The molecule has 6 heteroatoms. The molecule has 1 N–H and O–H groups in total. The first kappa shape index (κ1) is 21.0. The van der Waals surface area contributed by atoms with E-state index in [-0.39, 0.29) is 18.4 Å². The maximum absolute atomic E-state index is 12.1. The summed E-state index contributed by atoms with van der Waals surface area (Å²) in [6.07, 6.45) is 3.89. The molecule has 0 heterocycles. The Hall–Kier alpha value is -3.28. The highest BCUT2D eigenvalue weighted by atomic mass is 16.5. The number of hydrogen-bond acceptors (Lipinski definition) is 4. The number of methoxy groups -OCH3 is 1. The van der Waals surface area contributed by atoms with Gasteiger partial charge in [0.25, 0.3) is 11.8 Å². The maximum atomic E-state index is 12.1. The third-order valence-electron chi connectivity index (χ3n) is 4.00. The second-order valence-corrected chi connectivity index (χ2v) is 6.37. The monoisotopic (exact) mass is 382 g/mol. The van der Waals surface area contributed by atoms with Crippen LogP contribution in [0.15, 0.2) is 48.5 Å².